The number of furan rings is 1. The van der Waals surface area contributed by atoms with Gasteiger partial charge in [0.25, 0.3) is 11.1 Å². The van der Waals surface area contributed by atoms with Crippen LogP contribution in [0.2, 0.25) is 0 Å². The van der Waals surface area contributed by atoms with Gasteiger partial charge >= 0.3 is 0 Å². The third kappa shape index (κ3) is 3.35. The smallest absolute Gasteiger partial charge is 0.284 e. The van der Waals surface area contributed by atoms with Crippen LogP contribution in [0.1, 0.15) is 32.6 Å². The van der Waals surface area contributed by atoms with Crippen molar-refractivity contribution in [1.29, 1.82) is 0 Å². The number of amides is 1. The Balaban J connectivity index is 1.57. The lowest BCUT2D eigenvalue weighted by Gasteiger charge is -2.35. The summed E-state index contributed by atoms with van der Waals surface area (Å²) in [6.45, 7) is 3.00. The standard InChI is InChI=1S/C15H19N3O3S/c1-2-11-6-3-4-8-18(11)13(19)10-22-15-17-16-14(21-15)12-7-5-9-20-12/h5,7,9,11H,2-4,6,8,10H2,1H3/t11-/m1/s1. The summed E-state index contributed by atoms with van der Waals surface area (Å²) in [5.74, 6) is 1.35. The molecule has 0 unspecified atom stereocenters. The molecule has 3 heterocycles. The molecule has 118 valence electrons. The van der Waals surface area contributed by atoms with E-state index in [1.165, 1.54) is 18.2 Å². The fraction of sp³-hybridized carbons (Fsp3) is 0.533. The van der Waals surface area contributed by atoms with Gasteiger partial charge in [0.1, 0.15) is 0 Å². The maximum Gasteiger partial charge on any atom is 0.284 e. The third-order valence-corrected chi connectivity index (χ3v) is 4.68. The number of nitrogens with zero attached hydrogens (tertiary/aromatic N) is 3. The van der Waals surface area contributed by atoms with Gasteiger partial charge in [-0.1, -0.05) is 18.7 Å². The fourth-order valence-electron chi connectivity index (χ4n) is 2.73. The summed E-state index contributed by atoms with van der Waals surface area (Å²) in [5.41, 5.74) is 0. The summed E-state index contributed by atoms with van der Waals surface area (Å²) in [4.78, 5) is 14.4. The van der Waals surface area contributed by atoms with Crippen LogP contribution >= 0.6 is 11.8 Å². The van der Waals surface area contributed by atoms with Gasteiger partial charge in [0.15, 0.2) is 5.76 Å². The number of hydrogen-bond acceptors (Lipinski definition) is 6. The van der Waals surface area contributed by atoms with Crippen molar-refractivity contribution in [2.75, 3.05) is 12.3 Å². The first-order chi connectivity index (χ1) is 10.8. The first kappa shape index (κ1) is 15.1. The Morgan fingerprint density at radius 1 is 1.45 bits per heavy atom. The Bertz CT molecular complexity index is 611. The van der Waals surface area contributed by atoms with Crippen molar-refractivity contribution in [2.45, 2.75) is 43.9 Å². The molecule has 2 aromatic heterocycles. The van der Waals surface area contributed by atoms with Gasteiger partial charge in [-0.15, -0.1) is 10.2 Å². The third-order valence-electron chi connectivity index (χ3n) is 3.88. The maximum absolute atomic E-state index is 12.4. The van der Waals surface area contributed by atoms with Crippen LogP contribution in [0, 0.1) is 0 Å². The van der Waals surface area contributed by atoms with Crippen LogP contribution in [0.4, 0.5) is 0 Å². The molecule has 0 bridgehead atoms. The van der Waals surface area contributed by atoms with E-state index in [2.05, 4.69) is 17.1 Å². The molecule has 1 saturated heterocycles. The lowest BCUT2D eigenvalue weighted by Crippen LogP contribution is -2.44. The molecule has 0 radical (unpaired) electrons. The first-order valence-corrected chi connectivity index (χ1v) is 8.56. The molecule has 1 atom stereocenters. The fourth-order valence-corrected chi connectivity index (χ4v) is 3.38. The van der Waals surface area contributed by atoms with Crippen LogP contribution in [0.3, 0.4) is 0 Å². The Morgan fingerprint density at radius 3 is 3.14 bits per heavy atom. The van der Waals surface area contributed by atoms with Crippen molar-refractivity contribution in [1.82, 2.24) is 15.1 Å². The van der Waals surface area contributed by atoms with Gasteiger partial charge in [0, 0.05) is 12.6 Å². The second kappa shape index (κ2) is 7.00. The van der Waals surface area contributed by atoms with Crippen LogP contribution in [0.5, 0.6) is 0 Å². The summed E-state index contributed by atoms with van der Waals surface area (Å²) in [5, 5.41) is 8.26. The van der Waals surface area contributed by atoms with Crippen LogP contribution in [0.15, 0.2) is 32.5 Å². The SMILES string of the molecule is CC[C@@H]1CCCCN1C(=O)CSc1nnc(-c2ccco2)o1. The van der Waals surface area contributed by atoms with Crippen LogP contribution < -0.4 is 0 Å². The second-order valence-electron chi connectivity index (χ2n) is 5.28. The lowest BCUT2D eigenvalue weighted by atomic mass is 10.0. The highest BCUT2D eigenvalue weighted by Gasteiger charge is 2.25. The highest BCUT2D eigenvalue weighted by Crippen LogP contribution is 2.25. The zero-order valence-electron chi connectivity index (χ0n) is 12.5. The zero-order chi connectivity index (χ0) is 15.4. The van der Waals surface area contributed by atoms with E-state index in [-0.39, 0.29) is 5.91 Å². The van der Waals surface area contributed by atoms with Crippen molar-refractivity contribution < 1.29 is 13.6 Å². The van der Waals surface area contributed by atoms with Crippen molar-refractivity contribution in [3.63, 3.8) is 0 Å². The van der Waals surface area contributed by atoms with E-state index < -0.39 is 0 Å². The quantitative estimate of drug-likeness (QED) is 0.787. The average molecular weight is 321 g/mol. The van der Waals surface area contributed by atoms with Gasteiger partial charge in [-0.25, -0.2) is 0 Å². The van der Waals surface area contributed by atoms with Crippen molar-refractivity contribution in [3.8, 4) is 11.7 Å². The number of rotatable bonds is 5. The summed E-state index contributed by atoms with van der Waals surface area (Å²) < 4.78 is 10.7. The number of piperidine rings is 1. The Labute approximate surface area is 133 Å². The average Bonchev–Trinajstić information content (AvgIpc) is 3.23. The molecule has 0 saturated carbocycles. The molecular formula is C15H19N3O3S. The van der Waals surface area contributed by atoms with Crippen LogP contribution in [-0.2, 0) is 4.79 Å². The van der Waals surface area contributed by atoms with E-state index in [4.69, 9.17) is 8.83 Å². The van der Waals surface area contributed by atoms with Crippen molar-refractivity contribution >= 4 is 17.7 Å². The summed E-state index contributed by atoms with van der Waals surface area (Å²) in [6, 6.07) is 3.90. The molecule has 1 aliphatic rings. The number of aromatic nitrogens is 2. The predicted octanol–water partition coefficient (Wildman–Crippen LogP) is 3.21. The second-order valence-corrected chi connectivity index (χ2v) is 6.21. The number of carbonyl (C=O) groups is 1. The van der Waals surface area contributed by atoms with Crippen LogP contribution in [0.25, 0.3) is 11.7 Å². The summed E-state index contributed by atoms with van der Waals surface area (Å²) in [6.07, 6.45) is 5.98. The van der Waals surface area contributed by atoms with Gasteiger partial charge in [0.2, 0.25) is 5.91 Å². The molecule has 0 aromatic carbocycles. The summed E-state index contributed by atoms with van der Waals surface area (Å²) >= 11 is 1.28. The van der Waals surface area contributed by atoms with Gasteiger partial charge in [0.05, 0.1) is 12.0 Å². The number of hydrogen-bond donors (Lipinski definition) is 0. The Kier molecular flexibility index (Phi) is 4.82. The van der Waals surface area contributed by atoms with Crippen molar-refractivity contribution in [3.05, 3.63) is 18.4 Å². The van der Waals surface area contributed by atoms with E-state index >= 15 is 0 Å². The minimum absolute atomic E-state index is 0.147. The molecule has 1 fully saturated rings. The molecule has 1 aliphatic heterocycles. The zero-order valence-corrected chi connectivity index (χ0v) is 13.3. The van der Waals surface area contributed by atoms with E-state index in [0.717, 1.165) is 25.8 Å². The Morgan fingerprint density at radius 2 is 2.36 bits per heavy atom. The minimum Gasteiger partial charge on any atom is -0.459 e. The molecule has 7 heteroatoms. The van der Waals surface area contributed by atoms with E-state index in [0.29, 0.717) is 28.7 Å². The first-order valence-electron chi connectivity index (χ1n) is 7.57. The van der Waals surface area contributed by atoms with Crippen LogP contribution in [-0.4, -0.2) is 39.3 Å². The molecule has 0 spiro atoms. The number of carbonyl (C=O) groups excluding carboxylic acids is 1. The van der Waals surface area contributed by atoms with E-state index in [1.807, 2.05) is 4.90 Å². The molecule has 6 nitrogen and oxygen atoms in total. The monoisotopic (exact) mass is 321 g/mol. The molecule has 0 N–H and O–H groups in total. The molecular weight excluding hydrogens is 302 g/mol. The topological polar surface area (TPSA) is 72.4 Å². The minimum atomic E-state index is 0.147. The van der Waals surface area contributed by atoms with E-state index in [1.54, 1.807) is 18.4 Å². The molecule has 22 heavy (non-hydrogen) atoms. The molecule has 2 aromatic rings. The molecule has 3 rings (SSSR count). The molecule has 0 aliphatic carbocycles. The lowest BCUT2D eigenvalue weighted by molar-refractivity contribution is -0.132. The van der Waals surface area contributed by atoms with Gasteiger partial charge < -0.3 is 13.7 Å². The van der Waals surface area contributed by atoms with Gasteiger partial charge in [-0.2, -0.15) is 0 Å². The highest BCUT2D eigenvalue weighted by molar-refractivity contribution is 7.99. The number of thioether (sulfide) groups is 1. The molecule has 1 amide bonds. The normalized spacial score (nSPS) is 18.6. The van der Waals surface area contributed by atoms with Gasteiger partial charge in [-0.3, -0.25) is 4.79 Å². The Hall–Kier alpha value is -1.76. The number of likely N-dealkylation sites (tertiary alicyclic amines) is 1. The van der Waals surface area contributed by atoms with Crippen molar-refractivity contribution in [2.24, 2.45) is 0 Å². The highest BCUT2D eigenvalue weighted by atomic mass is 32.2. The largest absolute Gasteiger partial charge is 0.459 e. The summed E-state index contributed by atoms with van der Waals surface area (Å²) in [7, 11) is 0. The van der Waals surface area contributed by atoms with E-state index in [9.17, 15) is 4.79 Å². The van der Waals surface area contributed by atoms with Gasteiger partial charge in [-0.05, 0) is 37.8 Å². The predicted molar refractivity (Wildman–Crippen MR) is 82.4 cm³/mol. The maximum atomic E-state index is 12.4.